The van der Waals surface area contributed by atoms with Gasteiger partial charge in [0.2, 0.25) is 0 Å². The van der Waals surface area contributed by atoms with Gasteiger partial charge in [0.1, 0.15) is 6.10 Å². The summed E-state index contributed by atoms with van der Waals surface area (Å²) in [6, 6.07) is 0. The monoisotopic (exact) mass is 316 g/mol. The minimum absolute atomic E-state index is 0.0167. The van der Waals surface area contributed by atoms with Gasteiger partial charge in [0, 0.05) is 18.8 Å². The maximum Gasteiger partial charge on any atom is 0.302 e. The molecule has 0 aliphatic heterocycles. The van der Waals surface area contributed by atoms with Crippen LogP contribution in [-0.2, 0) is 14.3 Å². The molecule has 1 fully saturated rings. The van der Waals surface area contributed by atoms with Gasteiger partial charge in [0.05, 0.1) is 0 Å². The minimum atomic E-state index is -0.191. The molecule has 126 valence electrons. The second-order valence-corrected chi connectivity index (χ2v) is 7.94. The van der Waals surface area contributed by atoms with E-state index >= 15 is 0 Å². The third-order valence-corrected chi connectivity index (χ3v) is 6.88. The van der Waals surface area contributed by atoms with E-state index in [1.165, 1.54) is 12.5 Å². The van der Waals surface area contributed by atoms with Crippen LogP contribution >= 0.6 is 0 Å². The zero-order valence-electron chi connectivity index (χ0n) is 14.7. The first-order chi connectivity index (χ1) is 10.8. The Morgan fingerprint density at radius 2 is 2.13 bits per heavy atom. The summed E-state index contributed by atoms with van der Waals surface area (Å²) in [5.41, 5.74) is 1.26. The van der Waals surface area contributed by atoms with Crippen molar-refractivity contribution in [3.8, 4) is 0 Å². The number of fused-ring (bicyclic) bond motifs is 3. The van der Waals surface area contributed by atoms with E-state index in [1.807, 2.05) is 13.0 Å². The highest BCUT2D eigenvalue weighted by Gasteiger charge is 2.50. The highest BCUT2D eigenvalue weighted by atomic mass is 16.5. The van der Waals surface area contributed by atoms with Crippen LogP contribution in [0.15, 0.2) is 23.8 Å². The number of ketones is 1. The molecular weight excluding hydrogens is 288 g/mol. The average molecular weight is 316 g/mol. The standard InChI is InChI=1S/C20H28O3/c1-12-17-7-5-15-11-16(22)6-8-18(15)19(17)9-10-20(12,4)13(2)23-14(3)21/h5,7,11-13,17-19H,6,8-10H2,1-4H3/t12-,13?,17-,18-,19-,20-/m0/s1. The van der Waals surface area contributed by atoms with Gasteiger partial charge in [0.15, 0.2) is 5.78 Å². The van der Waals surface area contributed by atoms with Gasteiger partial charge < -0.3 is 4.74 Å². The zero-order valence-corrected chi connectivity index (χ0v) is 14.7. The molecule has 0 aromatic rings. The van der Waals surface area contributed by atoms with Crippen LogP contribution < -0.4 is 0 Å². The lowest BCUT2D eigenvalue weighted by atomic mass is 9.52. The van der Waals surface area contributed by atoms with Crippen molar-refractivity contribution in [3.05, 3.63) is 23.8 Å². The Balaban J connectivity index is 1.85. The Bertz CT molecular complexity index is 573. The van der Waals surface area contributed by atoms with Gasteiger partial charge in [-0.3, -0.25) is 9.59 Å². The first-order valence-electron chi connectivity index (χ1n) is 8.93. The molecule has 0 amide bonds. The molecule has 3 nitrogen and oxygen atoms in total. The lowest BCUT2D eigenvalue weighted by Crippen LogP contribution is -2.49. The summed E-state index contributed by atoms with van der Waals surface area (Å²) in [4.78, 5) is 23.1. The van der Waals surface area contributed by atoms with Crippen molar-refractivity contribution < 1.29 is 14.3 Å². The summed E-state index contributed by atoms with van der Waals surface area (Å²) in [6.07, 6.45) is 10.2. The molecule has 1 unspecified atom stereocenters. The molecule has 0 N–H and O–H groups in total. The number of rotatable bonds is 2. The van der Waals surface area contributed by atoms with Gasteiger partial charge in [-0.1, -0.05) is 26.0 Å². The zero-order chi connectivity index (χ0) is 16.8. The summed E-state index contributed by atoms with van der Waals surface area (Å²) in [6.45, 7) is 8.11. The highest BCUT2D eigenvalue weighted by Crippen LogP contribution is 2.55. The number of allylic oxidation sites excluding steroid dienone is 4. The number of hydrogen-bond acceptors (Lipinski definition) is 3. The summed E-state index contributed by atoms with van der Waals surface area (Å²) < 4.78 is 5.54. The van der Waals surface area contributed by atoms with Crippen LogP contribution in [0.4, 0.5) is 0 Å². The number of carbonyl (C=O) groups excluding carboxylic acids is 2. The Morgan fingerprint density at radius 1 is 1.39 bits per heavy atom. The Labute approximate surface area is 139 Å². The van der Waals surface area contributed by atoms with Gasteiger partial charge in [-0.2, -0.15) is 0 Å². The molecule has 3 aliphatic rings. The molecule has 3 rings (SSSR count). The maximum atomic E-state index is 11.7. The highest BCUT2D eigenvalue weighted by molar-refractivity contribution is 5.91. The lowest BCUT2D eigenvalue weighted by molar-refractivity contribution is -0.158. The molecule has 3 aliphatic carbocycles. The third kappa shape index (κ3) is 2.79. The quantitative estimate of drug-likeness (QED) is 0.721. The number of ether oxygens (including phenoxy) is 1. The van der Waals surface area contributed by atoms with E-state index < -0.39 is 0 Å². The van der Waals surface area contributed by atoms with E-state index in [0.29, 0.717) is 30.1 Å². The van der Waals surface area contributed by atoms with E-state index in [0.717, 1.165) is 19.3 Å². The van der Waals surface area contributed by atoms with Crippen molar-refractivity contribution in [2.75, 3.05) is 0 Å². The molecule has 0 heterocycles. The van der Waals surface area contributed by atoms with Gasteiger partial charge in [-0.05, 0) is 61.5 Å². The molecule has 1 saturated carbocycles. The predicted octanol–water partition coefficient (Wildman–Crippen LogP) is 4.08. The third-order valence-electron chi connectivity index (χ3n) is 6.88. The van der Waals surface area contributed by atoms with Crippen LogP contribution in [-0.4, -0.2) is 17.9 Å². The molecule has 0 bridgehead atoms. The SMILES string of the molecule is CC(=O)OC(C)[C@@]1(C)CC[C@H]2[C@@H](C=CC3=CC(=O)CC[C@@H]32)[C@@H]1C. The average Bonchev–Trinajstić information content (AvgIpc) is 2.49. The van der Waals surface area contributed by atoms with Crippen molar-refractivity contribution >= 4 is 11.8 Å². The Morgan fingerprint density at radius 3 is 2.83 bits per heavy atom. The van der Waals surface area contributed by atoms with Crippen molar-refractivity contribution in [1.29, 1.82) is 0 Å². The van der Waals surface area contributed by atoms with Gasteiger partial charge in [0.25, 0.3) is 0 Å². The summed E-state index contributed by atoms with van der Waals surface area (Å²) in [5, 5.41) is 0. The molecule has 23 heavy (non-hydrogen) atoms. The molecule has 6 atom stereocenters. The summed E-state index contributed by atoms with van der Waals surface area (Å²) in [5.74, 6) is 2.23. The molecule has 0 radical (unpaired) electrons. The van der Waals surface area contributed by atoms with Gasteiger partial charge >= 0.3 is 5.97 Å². The van der Waals surface area contributed by atoms with E-state index in [9.17, 15) is 9.59 Å². The number of esters is 1. The van der Waals surface area contributed by atoms with E-state index in [2.05, 4.69) is 26.0 Å². The summed E-state index contributed by atoms with van der Waals surface area (Å²) in [7, 11) is 0. The van der Waals surface area contributed by atoms with E-state index in [-0.39, 0.29) is 23.3 Å². The van der Waals surface area contributed by atoms with Crippen LogP contribution in [0.25, 0.3) is 0 Å². The van der Waals surface area contributed by atoms with Crippen LogP contribution in [0.5, 0.6) is 0 Å². The van der Waals surface area contributed by atoms with Crippen LogP contribution in [0, 0.1) is 29.1 Å². The van der Waals surface area contributed by atoms with E-state index in [4.69, 9.17) is 4.74 Å². The molecule has 0 aromatic carbocycles. The lowest BCUT2D eigenvalue weighted by Gasteiger charge is -2.53. The first kappa shape index (κ1) is 16.5. The molecule has 0 aromatic heterocycles. The fourth-order valence-electron chi connectivity index (χ4n) is 5.13. The number of hydrogen-bond donors (Lipinski definition) is 0. The predicted molar refractivity (Wildman–Crippen MR) is 89.7 cm³/mol. The topological polar surface area (TPSA) is 43.4 Å². The maximum absolute atomic E-state index is 11.7. The second-order valence-electron chi connectivity index (χ2n) is 7.94. The first-order valence-corrected chi connectivity index (χ1v) is 8.93. The largest absolute Gasteiger partial charge is 0.462 e. The van der Waals surface area contributed by atoms with Crippen molar-refractivity contribution in [1.82, 2.24) is 0 Å². The van der Waals surface area contributed by atoms with Crippen molar-refractivity contribution in [2.45, 2.75) is 59.5 Å². The Hall–Kier alpha value is -1.38. The second kappa shape index (κ2) is 5.92. The smallest absolute Gasteiger partial charge is 0.302 e. The van der Waals surface area contributed by atoms with Crippen molar-refractivity contribution in [3.63, 3.8) is 0 Å². The summed E-state index contributed by atoms with van der Waals surface area (Å²) >= 11 is 0. The molecule has 3 heteroatoms. The van der Waals surface area contributed by atoms with Gasteiger partial charge in [-0.15, -0.1) is 0 Å². The molecular formula is C20H28O3. The number of carbonyl (C=O) groups is 2. The minimum Gasteiger partial charge on any atom is -0.462 e. The normalized spacial score (nSPS) is 40.7. The Kier molecular flexibility index (Phi) is 4.24. The van der Waals surface area contributed by atoms with E-state index in [1.54, 1.807) is 0 Å². The fourth-order valence-corrected chi connectivity index (χ4v) is 5.13. The van der Waals surface area contributed by atoms with Crippen LogP contribution in [0.1, 0.15) is 53.4 Å². The van der Waals surface area contributed by atoms with Crippen molar-refractivity contribution in [2.24, 2.45) is 29.1 Å². The molecule has 0 saturated heterocycles. The van der Waals surface area contributed by atoms with Gasteiger partial charge in [-0.25, -0.2) is 0 Å². The fraction of sp³-hybridized carbons (Fsp3) is 0.700. The molecule has 0 spiro atoms. The van der Waals surface area contributed by atoms with Crippen LogP contribution in [0.3, 0.4) is 0 Å². The van der Waals surface area contributed by atoms with Crippen LogP contribution in [0.2, 0.25) is 0 Å².